The number of anilines is 1. The molecule has 94 valence electrons. The molecule has 5 nitrogen and oxygen atoms in total. The van der Waals surface area contributed by atoms with Crippen molar-refractivity contribution in [1.29, 1.82) is 0 Å². The highest BCUT2D eigenvalue weighted by atomic mass is 32.1. The monoisotopic (exact) mass is 257 g/mol. The summed E-state index contributed by atoms with van der Waals surface area (Å²) >= 11 is 1.20. The lowest BCUT2D eigenvalue weighted by molar-refractivity contribution is -0.117. The number of carboxylic acids is 1. The summed E-state index contributed by atoms with van der Waals surface area (Å²) in [6.07, 6.45) is 1.15. The van der Waals surface area contributed by atoms with Gasteiger partial charge in [-0.2, -0.15) is 0 Å². The minimum Gasteiger partial charge on any atom is -0.478 e. The fourth-order valence-corrected chi connectivity index (χ4v) is 1.97. The van der Waals surface area contributed by atoms with E-state index in [4.69, 9.17) is 9.84 Å². The Morgan fingerprint density at radius 2 is 2.24 bits per heavy atom. The van der Waals surface area contributed by atoms with Gasteiger partial charge in [0.25, 0.3) is 0 Å². The molecule has 0 saturated heterocycles. The van der Waals surface area contributed by atoms with E-state index < -0.39 is 5.97 Å². The van der Waals surface area contributed by atoms with Crippen molar-refractivity contribution in [3.63, 3.8) is 0 Å². The minimum atomic E-state index is -1.04. The summed E-state index contributed by atoms with van der Waals surface area (Å²) in [6.45, 7) is 2.98. The first-order valence-corrected chi connectivity index (χ1v) is 6.21. The van der Waals surface area contributed by atoms with E-state index in [-0.39, 0.29) is 17.9 Å². The highest BCUT2D eigenvalue weighted by Gasteiger charge is 2.13. The molecular formula is C11H15NO4S. The molecule has 0 atom stereocenters. The van der Waals surface area contributed by atoms with Gasteiger partial charge in [-0.25, -0.2) is 4.79 Å². The quantitative estimate of drug-likeness (QED) is 0.734. The number of carbonyl (C=O) groups excluding carboxylic acids is 1. The van der Waals surface area contributed by atoms with Crippen LogP contribution in [0.1, 0.15) is 30.1 Å². The summed E-state index contributed by atoms with van der Waals surface area (Å²) < 4.78 is 5.18. The summed E-state index contributed by atoms with van der Waals surface area (Å²) in [5.74, 6) is -1.27. The normalized spacial score (nSPS) is 10.2. The van der Waals surface area contributed by atoms with E-state index in [1.807, 2.05) is 6.92 Å². The number of carboxylic acid groups (broad SMARTS) is 1. The first kappa shape index (κ1) is 13.7. The standard InChI is InChI=1S/C11H15NO4S/c1-2-5-16-6-3-9(13)12-10-8(11(14)15)4-7-17-10/h4,7H,2-3,5-6H2,1H3,(H,12,13)(H,14,15). The van der Waals surface area contributed by atoms with Gasteiger partial charge in [0, 0.05) is 6.61 Å². The number of aromatic carboxylic acids is 1. The highest BCUT2D eigenvalue weighted by Crippen LogP contribution is 2.23. The molecule has 1 rings (SSSR count). The number of thiophene rings is 1. The Morgan fingerprint density at radius 3 is 2.88 bits per heavy atom. The lowest BCUT2D eigenvalue weighted by Gasteiger charge is -2.04. The molecule has 6 heteroatoms. The number of nitrogens with one attached hydrogen (secondary N) is 1. The smallest absolute Gasteiger partial charge is 0.338 e. The Morgan fingerprint density at radius 1 is 1.47 bits per heavy atom. The van der Waals surface area contributed by atoms with Gasteiger partial charge < -0.3 is 15.2 Å². The van der Waals surface area contributed by atoms with Crippen molar-refractivity contribution in [2.75, 3.05) is 18.5 Å². The first-order chi connectivity index (χ1) is 8.15. The van der Waals surface area contributed by atoms with Crippen molar-refractivity contribution in [3.8, 4) is 0 Å². The first-order valence-electron chi connectivity index (χ1n) is 5.33. The van der Waals surface area contributed by atoms with Crippen LogP contribution in [0.4, 0.5) is 5.00 Å². The van der Waals surface area contributed by atoms with Gasteiger partial charge in [0.2, 0.25) is 5.91 Å². The Bertz CT molecular complexity index is 389. The van der Waals surface area contributed by atoms with Gasteiger partial charge in [-0.15, -0.1) is 11.3 Å². The van der Waals surface area contributed by atoms with Crippen molar-refractivity contribution < 1.29 is 19.4 Å². The molecule has 1 aromatic heterocycles. The number of hydrogen-bond acceptors (Lipinski definition) is 4. The van der Waals surface area contributed by atoms with E-state index in [0.29, 0.717) is 18.2 Å². The summed E-state index contributed by atoms with van der Waals surface area (Å²) in [7, 11) is 0. The lowest BCUT2D eigenvalue weighted by Crippen LogP contribution is -2.15. The van der Waals surface area contributed by atoms with Crippen LogP contribution in [-0.2, 0) is 9.53 Å². The topological polar surface area (TPSA) is 75.6 Å². The van der Waals surface area contributed by atoms with Gasteiger partial charge in [-0.05, 0) is 17.9 Å². The third kappa shape index (κ3) is 4.54. The summed E-state index contributed by atoms with van der Waals surface area (Å²) in [6, 6.07) is 1.47. The van der Waals surface area contributed by atoms with Gasteiger partial charge in [0.15, 0.2) is 0 Å². The zero-order chi connectivity index (χ0) is 12.7. The maximum Gasteiger partial charge on any atom is 0.338 e. The Kier molecular flexibility index (Phi) is 5.65. The molecule has 0 fully saturated rings. The van der Waals surface area contributed by atoms with Crippen molar-refractivity contribution in [2.24, 2.45) is 0 Å². The van der Waals surface area contributed by atoms with E-state index in [0.717, 1.165) is 6.42 Å². The molecule has 0 bridgehead atoms. The van der Waals surface area contributed by atoms with Crippen LogP contribution in [0.3, 0.4) is 0 Å². The molecule has 0 spiro atoms. The molecular weight excluding hydrogens is 242 g/mol. The number of carbonyl (C=O) groups is 2. The molecule has 0 radical (unpaired) electrons. The fraction of sp³-hybridized carbons (Fsp3) is 0.455. The zero-order valence-corrected chi connectivity index (χ0v) is 10.4. The molecule has 1 aromatic rings. The average Bonchev–Trinajstić information content (AvgIpc) is 2.72. The predicted octanol–water partition coefficient (Wildman–Crippen LogP) is 2.20. The third-order valence-corrected chi connectivity index (χ3v) is 2.80. The molecule has 1 heterocycles. The maximum atomic E-state index is 11.5. The zero-order valence-electron chi connectivity index (χ0n) is 9.56. The number of rotatable bonds is 7. The van der Waals surface area contributed by atoms with Crippen LogP contribution >= 0.6 is 11.3 Å². The second-order valence-electron chi connectivity index (χ2n) is 3.38. The second-order valence-corrected chi connectivity index (χ2v) is 4.30. The predicted molar refractivity (Wildman–Crippen MR) is 65.6 cm³/mol. The molecule has 17 heavy (non-hydrogen) atoms. The average molecular weight is 257 g/mol. The van der Waals surface area contributed by atoms with Crippen molar-refractivity contribution >= 4 is 28.2 Å². The van der Waals surface area contributed by atoms with Crippen molar-refractivity contribution in [2.45, 2.75) is 19.8 Å². The molecule has 0 aliphatic rings. The SMILES string of the molecule is CCCOCCC(=O)Nc1sccc1C(=O)O. The van der Waals surface area contributed by atoms with Crippen LogP contribution in [0.25, 0.3) is 0 Å². The van der Waals surface area contributed by atoms with Crippen molar-refractivity contribution in [3.05, 3.63) is 17.0 Å². The van der Waals surface area contributed by atoms with Crippen LogP contribution in [0.2, 0.25) is 0 Å². The van der Waals surface area contributed by atoms with Crippen molar-refractivity contribution in [1.82, 2.24) is 0 Å². The van der Waals surface area contributed by atoms with E-state index in [1.165, 1.54) is 17.4 Å². The van der Waals surface area contributed by atoms with Gasteiger partial charge in [0.05, 0.1) is 18.6 Å². The summed E-state index contributed by atoms with van der Waals surface area (Å²) in [5, 5.41) is 13.4. The van der Waals surface area contributed by atoms with Gasteiger partial charge in [0.1, 0.15) is 5.00 Å². The van der Waals surface area contributed by atoms with E-state index in [1.54, 1.807) is 5.38 Å². The summed E-state index contributed by atoms with van der Waals surface area (Å²) in [4.78, 5) is 22.3. The molecule has 1 amide bonds. The molecule has 0 unspecified atom stereocenters. The second kappa shape index (κ2) is 7.03. The molecule has 0 aliphatic heterocycles. The number of amides is 1. The van der Waals surface area contributed by atoms with E-state index in [9.17, 15) is 9.59 Å². The van der Waals surface area contributed by atoms with Crippen LogP contribution in [0.15, 0.2) is 11.4 Å². The highest BCUT2D eigenvalue weighted by molar-refractivity contribution is 7.14. The lowest BCUT2D eigenvalue weighted by atomic mass is 10.3. The largest absolute Gasteiger partial charge is 0.478 e. The summed E-state index contributed by atoms with van der Waals surface area (Å²) in [5.41, 5.74) is 0.123. The van der Waals surface area contributed by atoms with E-state index >= 15 is 0 Å². The molecule has 0 aromatic carbocycles. The molecule has 2 N–H and O–H groups in total. The maximum absolute atomic E-state index is 11.5. The number of ether oxygens (including phenoxy) is 1. The van der Waals surface area contributed by atoms with Gasteiger partial charge >= 0.3 is 5.97 Å². The fourth-order valence-electron chi connectivity index (χ4n) is 1.17. The third-order valence-electron chi connectivity index (χ3n) is 1.97. The van der Waals surface area contributed by atoms with E-state index in [2.05, 4.69) is 5.32 Å². The minimum absolute atomic E-state index is 0.123. The Hall–Kier alpha value is -1.40. The van der Waals surface area contributed by atoms with Crippen LogP contribution in [0, 0.1) is 0 Å². The Labute approximate surface area is 103 Å². The van der Waals surface area contributed by atoms with Gasteiger partial charge in [-0.1, -0.05) is 6.92 Å². The molecule has 0 aliphatic carbocycles. The number of hydrogen-bond donors (Lipinski definition) is 2. The van der Waals surface area contributed by atoms with Crippen LogP contribution in [-0.4, -0.2) is 30.2 Å². The van der Waals surface area contributed by atoms with Gasteiger partial charge in [-0.3, -0.25) is 4.79 Å². The Balaban J connectivity index is 2.40. The van der Waals surface area contributed by atoms with Crippen LogP contribution < -0.4 is 5.32 Å². The molecule has 0 saturated carbocycles. The van der Waals surface area contributed by atoms with Crippen LogP contribution in [0.5, 0.6) is 0 Å².